The summed E-state index contributed by atoms with van der Waals surface area (Å²) >= 11 is 0. The SMILES string of the molecule is CNC(=O)CCNCCC(=O)NC. The number of hydrogen-bond acceptors (Lipinski definition) is 3. The van der Waals surface area contributed by atoms with E-state index in [1.165, 1.54) is 0 Å². The van der Waals surface area contributed by atoms with Crippen LogP contribution in [0.25, 0.3) is 0 Å². The maximum atomic E-state index is 10.7. The second kappa shape index (κ2) is 7.54. The summed E-state index contributed by atoms with van der Waals surface area (Å²) in [5, 5.41) is 8.03. The van der Waals surface area contributed by atoms with Crippen molar-refractivity contribution in [2.75, 3.05) is 27.2 Å². The summed E-state index contributed by atoms with van der Waals surface area (Å²) in [5.41, 5.74) is 0. The van der Waals surface area contributed by atoms with Gasteiger partial charge in [-0.1, -0.05) is 0 Å². The third-order valence-electron chi connectivity index (χ3n) is 1.62. The average molecular weight is 187 g/mol. The Balaban J connectivity index is 3.17. The fourth-order valence-corrected chi connectivity index (χ4v) is 0.779. The molecule has 0 unspecified atom stereocenters. The molecule has 0 aromatic carbocycles. The van der Waals surface area contributed by atoms with E-state index in [9.17, 15) is 9.59 Å². The Kier molecular flexibility index (Phi) is 6.91. The van der Waals surface area contributed by atoms with Crippen LogP contribution < -0.4 is 16.0 Å². The second-order valence-corrected chi connectivity index (χ2v) is 2.60. The van der Waals surface area contributed by atoms with Gasteiger partial charge in [-0.2, -0.15) is 0 Å². The number of hydrogen-bond donors (Lipinski definition) is 3. The van der Waals surface area contributed by atoms with E-state index >= 15 is 0 Å². The lowest BCUT2D eigenvalue weighted by atomic mass is 10.3. The Hall–Kier alpha value is -1.10. The van der Waals surface area contributed by atoms with Crippen LogP contribution in [-0.4, -0.2) is 39.0 Å². The van der Waals surface area contributed by atoms with Crippen LogP contribution in [0, 0.1) is 0 Å². The lowest BCUT2D eigenvalue weighted by Gasteiger charge is -2.02. The van der Waals surface area contributed by atoms with Gasteiger partial charge >= 0.3 is 0 Å². The summed E-state index contributed by atoms with van der Waals surface area (Å²) in [5.74, 6) is 0.0138. The molecule has 3 N–H and O–H groups in total. The zero-order chi connectivity index (χ0) is 10.1. The normalized spacial score (nSPS) is 9.38. The molecule has 0 saturated carbocycles. The monoisotopic (exact) mass is 187 g/mol. The molecule has 13 heavy (non-hydrogen) atoms. The van der Waals surface area contributed by atoms with Crippen molar-refractivity contribution in [3.63, 3.8) is 0 Å². The van der Waals surface area contributed by atoms with E-state index in [1.54, 1.807) is 14.1 Å². The minimum Gasteiger partial charge on any atom is -0.359 e. The number of nitrogens with one attached hydrogen (secondary N) is 3. The molecule has 0 heterocycles. The van der Waals surface area contributed by atoms with Gasteiger partial charge in [0.1, 0.15) is 0 Å². The van der Waals surface area contributed by atoms with E-state index in [0.29, 0.717) is 25.9 Å². The largest absolute Gasteiger partial charge is 0.359 e. The lowest BCUT2D eigenvalue weighted by Crippen LogP contribution is -2.28. The van der Waals surface area contributed by atoms with Crippen molar-refractivity contribution in [2.24, 2.45) is 0 Å². The van der Waals surface area contributed by atoms with Crippen molar-refractivity contribution in [1.82, 2.24) is 16.0 Å². The fourth-order valence-electron chi connectivity index (χ4n) is 0.779. The fraction of sp³-hybridized carbons (Fsp3) is 0.750. The van der Waals surface area contributed by atoms with Crippen LogP contribution in [0.15, 0.2) is 0 Å². The van der Waals surface area contributed by atoms with Crippen LogP contribution in [-0.2, 0) is 9.59 Å². The topological polar surface area (TPSA) is 70.2 Å². The molecule has 0 aliphatic carbocycles. The maximum Gasteiger partial charge on any atom is 0.221 e. The molecule has 0 bridgehead atoms. The summed E-state index contributed by atoms with van der Waals surface area (Å²) in [7, 11) is 3.21. The zero-order valence-corrected chi connectivity index (χ0v) is 8.14. The zero-order valence-electron chi connectivity index (χ0n) is 8.14. The molecule has 0 fully saturated rings. The molecular weight excluding hydrogens is 170 g/mol. The van der Waals surface area contributed by atoms with Crippen molar-refractivity contribution in [1.29, 1.82) is 0 Å². The molecule has 2 amide bonds. The Morgan fingerprint density at radius 2 is 1.31 bits per heavy atom. The molecule has 76 valence electrons. The molecule has 0 saturated heterocycles. The van der Waals surface area contributed by atoms with Crippen LogP contribution in [0.1, 0.15) is 12.8 Å². The summed E-state index contributed by atoms with van der Waals surface area (Å²) in [6.07, 6.45) is 0.897. The molecule has 0 atom stereocenters. The average Bonchev–Trinajstić information content (AvgIpc) is 2.16. The lowest BCUT2D eigenvalue weighted by molar-refractivity contribution is -0.120. The number of rotatable bonds is 6. The molecule has 0 aromatic heterocycles. The number of carbonyl (C=O) groups excluding carboxylic acids is 2. The Labute approximate surface area is 78.3 Å². The van der Waals surface area contributed by atoms with Crippen LogP contribution in [0.5, 0.6) is 0 Å². The van der Waals surface area contributed by atoms with Gasteiger partial charge in [0, 0.05) is 40.0 Å². The van der Waals surface area contributed by atoms with Gasteiger partial charge in [-0.3, -0.25) is 9.59 Å². The van der Waals surface area contributed by atoms with Crippen molar-refractivity contribution < 1.29 is 9.59 Å². The van der Waals surface area contributed by atoms with E-state index in [2.05, 4.69) is 16.0 Å². The van der Waals surface area contributed by atoms with E-state index in [4.69, 9.17) is 0 Å². The minimum absolute atomic E-state index is 0.00689. The second-order valence-electron chi connectivity index (χ2n) is 2.60. The van der Waals surface area contributed by atoms with Crippen molar-refractivity contribution in [3.8, 4) is 0 Å². The van der Waals surface area contributed by atoms with Crippen LogP contribution in [0.2, 0.25) is 0 Å². The Morgan fingerprint density at radius 3 is 1.62 bits per heavy atom. The molecule has 5 nitrogen and oxygen atoms in total. The smallest absolute Gasteiger partial charge is 0.221 e. The van der Waals surface area contributed by atoms with Gasteiger partial charge in [-0.15, -0.1) is 0 Å². The summed E-state index contributed by atoms with van der Waals surface area (Å²) in [6.45, 7) is 1.22. The summed E-state index contributed by atoms with van der Waals surface area (Å²) < 4.78 is 0. The van der Waals surface area contributed by atoms with Crippen LogP contribution >= 0.6 is 0 Å². The first-order valence-corrected chi connectivity index (χ1v) is 4.32. The van der Waals surface area contributed by atoms with Gasteiger partial charge in [0.05, 0.1) is 0 Å². The van der Waals surface area contributed by atoms with Crippen molar-refractivity contribution >= 4 is 11.8 Å². The first-order valence-electron chi connectivity index (χ1n) is 4.32. The molecule has 0 aliphatic heterocycles. The predicted molar refractivity (Wildman–Crippen MR) is 50.2 cm³/mol. The molecule has 5 heteroatoms. The number of carbonyl (C=O) groups is 2. The summed E-state index contributed by atoms with van der Waals surface area (Å²) in [6, 6.07) is 0. The minimum atomic E-state index is 0.00689. The van der Waals surface area contributed by atoms with Crippen molar-refractivity contribution in [3.05, 3.63) is 0 Å². The highest BCUT2D eigenvalue weighted by Gasteiger charge is 1.98. The molecule has 0 aromatic rings. The van der Waals surface area contributed by atoms with E-state index in [-0.39, 0.29) is 11.8 Å². The van der Waals surface area contributed by atoms with Gasteiger partial charge < -0.3 is 16.0 Å². The summed E-state index contributed by atoms with van der Waals surface area (Å²) in [4.78, 5) is 21.5. The quantitative estimate of drug-likeness (QED) is 0.460. The van der Waals surface area contributed by atoms with E-state index < -0.39 is 0 Å². The Bertz CT molecular complexity index is 153. The van der Waals surface area contributed by atoms with Gasteiger partial charge in [0.25, 0.3) is 0 Å². The molecule has 0 aliphatic rings. The highest BCUT2D eigenvalue weighted by Crippen LogP contribution is 1.78. The maximum absolute atomic E-state index is 10.7. The molecular formula is C8H17N3O2. The third kappa shape index (κ3) is 7.27. The highest BCUT2D eigenvalue weighted by atomic mass is 16.2. The predicted octanol–water partition coefficient (Wildman–Crippen LogP) is -1.15. The van der Waals surface area contributed by atoms with E-state index in [1.807, 2.05) is 0 Å². The third-order valence-corrected chi connectivity index (χ3v) is 1.62. The van der Waals surface area contributed by atoms with Gasteiger partial charge in [0.15, 0.2) is 0 Å². The van der Waals surface area contributed by atoms with Crippen molar-refractivity contribution in [2.45, 2.75) is 12.8 Å². The Morgan fingerprint density at radius 1 is 0.923 bits per heavy atom. The van der Waals surface area contributed by atoms with Gasteiger partial charge in [0.2, 0.25) is 11.8 Å². The first-order chi connectivity index (χ1) is 6.20. The highest BCUT2D eigenvalue weighted by molar-refractivity contribution is 5.76. The van der Waals surface area contributed by atoms with Crippen LogP contribution in [0.4, 0.5) is 0 Å². The van der Waals surface area contributed by atoms with Gasteiger partial charge in [-0.25, -0.2) is 0 Å². The molecule has 0 spiro atoms. The number of amides is 2. The molecule has 0 rings (SSSR count). The van der Waals surface area contributed by atoms with E-state index in [0.717, 1.165) is 0 Å². The molecule has 0 radical (unpaired) electrons. The van der Waals surface area contributed by atoms with Crippen LogP contribution in [0.3, 0.4) is 0 Å². The standard InChI is InChI=1S/C8H17N3O2/c1-9-7(12)3-5-11-6-4-8(13)10-2/h11H,3-6H2,1-2H3,(H,9,12)(H,10,13). The van der Waals surface area contributed by atoms with Gasteiger partial charge in [-0.05, 0) is 0 Å². The first kappa shape index (κ1) is 11.9.